The van der Waals surface area contributed by atoms with E-state index in [2.05, 4.69) is 17.2 Å². The zero-order valence-corrected chi connectivity index (χ0v) is 12.0. The van der Waals surface area contributed by atoms with E-state index in [1.54, 1.807) is 7.11 Å². The van der Waals surface area contributed by atoms with Crippen LogP contribution in [0.5, 0.6) is 0 Å². The SMILES string of the molecule is COC1CCCC1NC(=O)c1cc(C#CCN)ccc1F. The number of benzene rings is 1. The molecule has 0 radical (unpaired) electrons. The molecule has 3 N–H and O–H groups in total. The standard InChI is InChI=1S/C16H19FN2O2/c1-21-15-6-2-5-14(15)19-16(20)12-10-11(4-3-9-18)7-8-13(12)17/h7-8,10,14-15H,2,5-6,9,18H2,1H3,(H,19,20). The first-order valence-corrected chi connectivity index (χ1v) is 6.98. The van der Waals surface area contributed by atoms with Crippen molar-refractivity contribution in [3.05, 3.63) is 35.1 Å². The van der Waals surface area contributed by atoms with Crippen LogP contribution in [0, 0.1) is 17.7 Å². The van der Waals surface area contributed by atoms with E-state index in [9.17, 15) is 9.18 Å². The normalized spacial score (nSPS) is 20.7. The van der Waals surface area contributed by atoms with Crippen molar-refractivity contribution < 1.29 is 13.9 Å². The molecule has 1 aliphatic carbocycles. The molecule has 0 aliphatic heterocycles. The number of carbonyl (C=O) groups is 1. The van der Waals surface area contributed by atoms with Crippen LogP contribution >= 0.6 is 0 Å². The first-order chi connectivity index (χ1) is 10.2. The van der Waals surface area contributed by atoms with Crippen LogP contribution in [0.2, 0.25) is 0 Å². The molecule has 2 atom stereocenters. The molecule has 1 aromatic carbocycles. The van der Waals surface area contributed by atoms with Crippen LogP contribution in [0.3, 0.4) is 0 Å². The van der Waals surface area contributed by atoms with E-state index in [4.69, 9.17) is 10.5 Å². The second-order valence-corrected chi connectivity index (χ2v) is 4.99. The largest absolute Gasteiger partial charge is 0.379 e. The highest BCUT2D eigenvalue weighted by Gasteiger charge is 2.29. The minimum atomic E-state index is -0.558. The number of ether oxygens (including phenoxy) is 1. The van der Waals surface area contributed by atoms with Crippen molar-refractivity contribution in [3.63, 3.8) is 0 Å². The smallest absolute Gasteiger partial charge is 0.254 e. The predicted octanol–water partition coefficient (Wildman–Crippen LogP) is 1.43. The van der Waals surface area contributed by atoms with Crippen LogP contribution in [-0.2, 0) is 4.74 Å². The Kier molecular flexibility index (Phi) is 5.32. The molecular weight excluding hydrogens is 271 g/mol. The zero-order chi connectivity index (χ0) is 15.2. The lowest BCUT2D eigenvalue weighted by atomic mass is 10.1. The van der Waals surface area contributed by atoms with E-state index in [0.717, 1.165) is 19.3 Å². The Labute approximate surface area is 123 Å². The van der Waals surface area contributed by atoms with Gasteiger partial charge in [-0.3, -0.25) is 4.79 Å². The maximum absolute atomic E-state index is 13.8. The summed E-state index contributed by atoms with van der Waals surface area (Å²) in [5.74, 6) is 4.49. The Balaban J connectivity index is 2.14. The van der Waals surface area contributed by atoms with Gasteiger partial charge in [0.1, 0.15) is 5.82 Å². The average Bonchev–Trinajstić information content (AvgIpc) is 2.93. The topological polar surface area (TPSA) is 64.3 Å². The van der Waals surface area contributed by atoms with E-state index in [1.165, 1.54) is 18.2 Å². The van der Waals surface area contributed by atoms with Gasteiger partial charge in [-0.05, 0) is 37.5 Å². The van der Waals surface area contributed by atoms with Crippen LogP contribution in [-0.4, -0.2) is 31.7 Å². The van der Waals surface area contributed by atoms with Crippen molar-refractivity contribution >= 4 is 5.91 Å². The molecule has 2 unspecified atom stereocenters. The fourth-order valence-electron chi connectivity index (χ4n) is 2.55. The monoisotopic (exact) mass is 290 g/mol. The molecule has 0 saturated heterocycles. The summed E-state index contributed by atoms with van der Waals surface area (Å²) in [6.45, 7) is 0.219. The molecule has 0 heterocycles. The minimum absolute atomic E-state index is 0.000532. The quantitative estimate of drug-likeness (QED) is 0.828. The maximum atomic E-state index is 13.8. The Hall–Kier alpha value is -1.90. The lowest BCUT2D eigenvalue weighted by Crippen LogP contribution is -2.41. The van der Waals surface area contributed by atoms with Crippen molar-refractivity contribution in [2.45, 2.75) is 31.4 Å². The Morgan fingerprint density at radius 2 is 2.33 bits per heavy atom. The number of nitrogens with two attached hydrogens (primary N) is 1. The number of rotatable bonds is 3. The van der Waals surface area contributed by atoms with E-state index < -0.39 is 11.7 Å². The van der Waals surface area contributed by atoms with Gasteiger partial charge in [-0.25, -0.2) is 4.39 Å². The second kappa shape index (κ2) is 7.21. The molecule has 2 rings (SSSR count). The molecule has 1 aliphatic rings. The van der Waals surface area contributed by atoms with E-state index in [-0.39, 0.29) is 24.3 Å². The lowest BCUT2D eigenvalue weighted by molar-refractivity contribution is 0.0720. The second-order valence-electron chi connectivity index (χ2n) is 4.99. The summed E-state index contributed by atoms with van der Waals surface area (Å²) in [5.41, 5.74) is 5.87. The lowest BCUT2D eigenvalue weighted by Gasteiger charge is -2.19. The fraction of sp³-hybridized carbons (Fsp3) is 0.438. The van der Waals surface area contributed by atoms with Crippen molar-refractivity contribution in [3.8, 4) is 11.8 Å². The van der Waals surface area contributed by atoms with Crippen molar-refractivity contribution in [2.24, 2.45) is 5.73 Å². The predicted molar refractivity (Wildman–Crippen MR) is 78.2 cm³/mol. The molecule has 1 fully saturated rings. The van der Waals surface area contributed by atoms with Gasteiger partial charge >= 0.3 is 0 Å². The number of hydrogen-bond donors (Lipinski definition) is 2. The van der Waals surface area contributed by atoms with Crippen LogP contribution in [0.4, 0.5) is 4.39 Å². The van der Waals surface area contributed by atoms with Gasteiger partial charge < -0.3 is 15.8 Å². The van der Waals surface area contributed by atoms with Gasteiger partial charge in [-0.1, -0.05) is 11.8 Å². The van der Waals surface area contributed by atoms with Gasteiger partial charge in [0.2, 0.25) is 0 Å². The zero-order valence-electron chi connectivity index (χ0n) is 12.0. The molecule has 1 saturated carbocycles. The van der Waals surface area contributed by atoms with E-state index >= 15 is 0 Å². The third-order valence-corrected chi connectivity index (χ3v) is 3.62. The minimum Gasteiger partial charge on any atom is -0.379 e. The highest BCUT2D eigenvalue weighted by Crippen LogP contribution is 2.22. The third kappa shape index (κ3) is 3.81. The molecule has 21 heavy (non-hydrogen) atoms. The van der Waals surface area contributed by atoms with Gasteiger partial charge in [0, 0.05) is 12.7 Å². The molecule has 0 bridgehead atoms. The Bertz CT molecular complexity index is 577. The summed E-state index contributed by atoms with van der Waals surface area (Å²) in [7, 11) is 1.62. The first kappa shape index (κ1) is 15.5. The van der Waals surface area contributed by atoms with Crippen molar-refractivity contribution in [1.29, 1.82) is 0 Å². The molecule has 4 nitrogen and oxygen atoms in total. The van der Waals surface area contributed by atoms with E-state index in [0.29, 0.717) is 5.56 Å². The summed E-state index contributed by atoms with van der Waals surface area (Å²) >= 11 is 0. The molecule has 1 amide bonds. The summed E-state index contributed by atoms with van der Waals surface area (Å²) in [6, 6.07) is 4.16. The summed E-state index contributed by atoms with van der Waals surface area (Å²) < 4.78 is 19.2. The van der Waals surface area contributed by atoms with Gasteiger partial charge in [-0.15, -0.1) is 0 Å². The van der Waals surface area contributed by atoms with Crippen molar-refractivity contribution in [1.82, 2.24) is 5.32 Å². The fourth-order valence-corrected chi connectivity index (χ4v) is 2.55. The highest BCUT2D eigenvalue weighted by atomic mass is 19.1. The third-order valence-electron chi connectivity index (χ3n) is 3.62. The average molecular weight is 290 g/mol. The first-order valence-electron chi connectivity index (χ1n) is 6.98. The molecule has 112 valence electrons. The number of halogens is 1. The summed E-state index contributed by atoms with van der Waals surface area (Å²) in [5, 5.41) is 2.84. The number of nitrogens with one attached hydrogen (secondary N) is 1. The van der Waals surface area contributed by atoms with Gasteiger partial charge in [0.25, 0.3) is 5.91 Å². The molecule has 0 aromatic heterocycles. The van der Waals surface area contributed by atoms with Crippen LogP contribution in [0.25, 0.3) is 0 Å². The maximum Gasteiger partial charge on any atom is 0.254 e. The Morgan fingerprint density at radius 1 is 1.52 bits per heavy atom. The van der Waals surface area contributed by atoms with Crippen LogP contribution in [0.1, 0.15) is 35.2 Å². The van der Waals surface area contributed by atoms with Gasteiger partial charge in [0.05, 0.1) is 24.3 Å². The molecular formula is C16H19FN2O2. The molecule has 0 spiro atoms. The van der Waals surface area contributed by atoms with Crippen LogP contribution in [0.15, 0.2) is 18.2 Å². The molecule has 5 heteroatoms. The Morgan fingerprint density at radius 3 is 3.05 bits per heavy atom. The summed E-state index contributed by atoms with van der Waals surface area (Å²) in [6.07, 6.45) is 2.75. The number of methoxy groups -OCH3 is 1. The number of amides is 1. The highest BCUT2D eigenvalue weighted by molar-refractivity contribution is 5.95. The van der Waals surface area contributed by atoms with E-state index in [1.807, 2.05) is 0 Å². The number of hydrogen-bond acceptors (Lipinski definition) is 3. The van der Waals surface area contributed by atoms with Crippen molar-refractivity contribution in [2.75, 3.05) is 13.7 Å². The molecule has 1 aromatic rings. The van der Waals surface area contributed by atoms with Gasteiger partial charge in [0.15, 0.2) is 0 Å². The number of carbonyl (C=O) groups excluding carboxylic acids is 1. The summed E-state index contributed by atoms with van der Waals surface area (Å²) in [4.78, 5) is 12.2. The van der Waals surface area contributed by atoms with Crippen LogP contribution < -0.4 is 11.1 Å². The van der Waals surface area contributed by atoms with Gasteiger partial charge in [-0.2, -0.15) is 0 Å².